The average Bonchev–Trinajstić information content (AvgIpc) is 2.78. The van der Waals surface area contributed by atoms with Gasteiger partial charge in [-0.1, -0.05) is 12.1 Å². The Morgan fingerprint density at radius 2 is 2.00 bits per heavy atom. The lowest BCUT2D eigenvalue weighted by Crippen LogP contribution is -2.19. The second kappa shape index (κ2) is 2.75. The summed E-state index contributed by atoms with van der Waals surface area (Å²) in [5.41, 5.74) is 1.81. The van der Waals surface area contributed by atoms with Gasteiger partial charge >= 0.3 is 0 Å². The van der Waals surface area contributed by atoms with Crippen molar-refractivity contribution in [2.24, 2.45) is 5.92 Å². The first-order chi connectivity index (χ1) is 6.78. The Hall–Kier alpha value is -0.980. The van der Waals surface area contributed by atoms with Crippen LogP contribution >= 0.6 is 0 Å². The molecule has 14 heavy (non-hydrogen) atoms. The first-order valence-electron chi connectivity index (χ1n) is 5.58. The molecule has 74 valence electrons. The fraction of sp³-hybridized carbons (Fsp3) is 0.538. The molecule has 0 heterocycles. The molecule has 0 spiro atoms. The van der Waals surface area contributed by atoms with Gasteiger partial charge in [0.05, 0.1) is 0 Å². The summed E-state index contributed by atoms with van der Waals surface area (Å²) in [5.74, 6) is 1.39. The van der Waals surface area contributed by atoms with E-state index in [2.05, 4.69) is 6.07 Å². The van der Waals surface area contributed by atoms with Gasteiger partial charge in [-0.05, 0) is 61.1 Å². The van der Waals surface area contributed by atoms with E-state index in [9.17, 15) is 5.11 Å². The van der Waals surface area contributed by atoms with Crippen molar-refractivity contribution in [2.45, 2.75) is 37.5 Å². The van der Waals surface area contributed by atoms with Crippen molar-refractivity contribution in [3.63, 3.8) is 0 Å². The highest BCUT2D eigenvalue weighted by molar-refractivity contribution is 5.35. The number of benzene rings is 1. The smallest absolute Gasteiger partial charge is 0.115 e. The van der Waals surface area contributed by atoms with Crippen LogP contribution in [0.4, 0.5) is 0 Å². The SMILES string of the molecule is Oc1cccc(C23CCC(CC2)C3)c1. The number of fused-ring (bicyclic) bond motifs is 2. The zero-order valence-corrected chi connectivity index (χ0v) is 8.37. The summed E-state index contributed by atoms with van der Waals surface area (Å²) < 4.78 is 0. The summed E-state index contributed by atoms with van der Waals surface area (Å²) in [6.07, 6.45) is 6.82. The molecule has 0 radical (unpaired) electrons. The molecule has 2 aliphatic carbocycles. The molecule has 0 saturated heterocycles. The molecule has 0 amide bonds. The number of hydrogen-bond acceptors (Lipinski definition) is 1. The van der Waals surface area contributed by atoms with Gasteiger partial charge in [-0.15, -0.1) is 0 Å². The summed E-state index contributed by atoms with van der Waals surface area (Å²) in [6.45, 7) is 0. The molecule has 3 rings (SSSR count). The van der Waals surface area contributed by atoms with E-state index in [4.69, 9.17) is 0 Å². The normalized spacial score (nSPS) is 35.0. The summed E-state index contributed by atoms with van der Waals surface area (Å²) in [7, 11) is 0. The summed E-state index contributed by atoms with van der Waals surface area (Å²) in [4.78, 5) is 0. The van der Waals surface area contributed by atoms with Gasteiger partial charge in [0.2, 0.25) is 0 Å². The van der Waals surface area contributed by atoms with E-state index in [-0.39, 0.29) is 0 Å². The van der Waals surface area contributed by atoms with Crippen LogP contribution in [0.5, 0.6) is 5.75 Å². The summed E-state index contributed by atoms with van der Waals surface area (Å²) in [6, 6.07) is 7.90. The van der Waals surface area contributed by atoms with Gasteiger partial charge in [-0.2, -0.15) is 0 Å². The van der Waals surface area contributed by atoms with Crippen molar-refractivity contribution < 1.29 is 5.11 Å². The van der Waals surface area contributed by atoms with E-state index < -0.39 is 0 Å². The third kappa shape index (κ3) is 1.08. The minimum absolute atomic E-state index is 0.423. The van der Waals surface area contributed by atoms with Gasteiger partial charge in [0.1, 0.15) is 5.75 Å². The van der Waals surface area contributed by atoms with Gasteiger partial charge < -0.3 is 5.11 Å². The van der Waals surface area contributed by atoms with E-state index >= 15 is 0 Å². The highest BCUT2D eigenvalue weighted by Crippen LogP contribution is 2.55. The Balaban J connectivity index is 2.02. The van der Waals surface area contributed by atoms with Crippen LogP contribution in [0.2, 0.25) is 0 Å². The highest BCUT2D eigenvalue weighted by atomic mass is 16.3. The molecule has 1 aromatic carbocycles. The van der Waals surface area contributed by atoms with Crippen molar-refractivity contribution in [1.29, 1.82) is 0 Å². The zero-order valence-electron chi connectivity index (χ0n) is 8.37. The molecule has 0 unspecified atom stereocenters. The standard InChI is InChI=1S/C13H16O/c14-12-3-1-2-11(8-12)13-6-4-10(9-13)5-7-13/h1-3,8,10,14H,4-7,9H2. The molecule has 2 aliphatic rings. The van der Waals surface area contributed by atoms with Gasteiger partial charge in [-0.25, -0.2) is 0 Å². The lowest BCUT2D eigenvalue weighted by molar-refractivity contribution is 0.414. The van der Waals surface area contributed by atoms with Crippen molar-refractivity contribution >= 4 is 0 Å². The lowest BCUT2D eigenvalue weighted by Gasteiger charge is -2.27. The number of rotatable bonds is 1. The predicted octanol–water partition coefficient (Wildman–Crippen LogP) is 3.22. The van der Waals surface area contributed by atoms with Crippen LogP contribution in [0.1, 0.15) is 37.7 Å². The number of aromatic hydroxyl groups is 1. The molecule has 0 aliphatic heterocycles. The monoisotopic (exact) mass is 188 g/mol. The predicted molar refractivity (Wildman–Crippen MR) is 56.4 cm³/mol. The molecule has 1 N–H and O–H groups in total. The van der Waals surface area contributed by atoms with Gasteiger partial charge in [0, 0.05) is 0 Å². The van der Waals surface area contributed by atoms with Gasteiger partial charge in [0.15, 0.2) is 0 Å². The van der Waals surface area contributed by atoms with Crippen molar-refractivity contribution in [1.82, 2.24) is 0 Å². The first kappa shape index (κ1) is 8.34. The van der Waals surface area contributed by atoms with E-state index in [0.29, 0.717) is 11.2 Å². The van der Waals surface area contributed by atoms with Crippen molar-refractivity contribution in [3.8, 4) is 5.75 Å². The van der Waals surface area contributed by atoms with Crippen molar-refractivity contribution in [3.05, 3.63) is 29.8 Å². The average molecular weight is 188 g/mol. The minimum Gasteiger partial charge on any atom is -0.508 e. The summed E-state index contributed by atoms with van der Waals surface area (Å²) in [5, 5.41) is 9.50. The maximum Gasteiger partial charge on any atom is 0.115 e. The van der Waals surface area contributed by atoms with E-state index in [1.165, 1.54) is 37.7 Å². The van der Waals surface area contributed by atoms with Crippen LogP contribution in [-0.4, -0.2) is 5.11 Å². The first-order valence-corrected chi connectivity index (χ1v) is 5.58. The van der Waals surface area contributed by atoms with Crippen molar-refractivity contribution in [2.75, 3.05) is 0 Å². The second-order valence-corrected chi connectivity index (χ2v) is 4.98. The topological polar surface area (TPSA) is 20.2 Å². The van der Waals surface area contributed by atoms with Crippen LogP contribution in [0.25, 0.3) is 0 Å². The Kier molecular flexibility index (Phi) is 1.64. The Labute approximate surface area is 84.8 Å². The molecule has 2 fully saturated rings. The summed E-state index contributed by atoms with van der Waals surface area (Å²) >= 11 is 0. The van der Waals surface area contributed by atoms with Crippen LogP contribution < -0.4 is 0 Å². The Morgan fingerprint density at radius 1 is 1.21 bits per heavy atom. The van der Waals surface area contributed by atoms with Crippen LogP contribution in [0.15, 0.2) is 24.3 Å². The second-order valence-electron chi connectivity index (χ2n) is 4.98. The van der Waals surface area contributed by atoms with Crippen LogP contribution in [-0.2, 0) is 5.41 Å². The Bertz CT molecular complexity index is 348. The third-order valence-corrected chi connectivity index (χ3v) is 4.20. The van der Waals surface area contributed by atoms with E-state index in [0.717, 1.165) is 5.92 Å². The number of phenolic OH excluding ortho intramolecular Hbond substituents is 1. The van der Waals surface area contributed by atoms with Gasteiger partial charge in [-0.3, -0.25) is 0 Å². The molecule has 0 aromatic heterocycles. The van der Waals surface area contributed by atoms with Crippen LogP contribution in [0.3, 0.4) is 0 Å². The molecule has 1 nitrogen and oxygen atoms in total. The van der Waals surface area contributed by atoms with Crippen LogP contribution in [0, 0.1) is 5.92 Å². The molecule has 1 heteroatoms. The molecule has 0 atom stereocenters. The molecular weight excluding hydrogens is 172 g/mol. The Morgan fingerprint density at radius 3 is 2.57 bits per heavy atom. The molecule has 2 bridgehead atoms. The fourth-order valence-corrected chi connectivity index (χ4v) is 3.43. The zero-order chi connectivity index (χ0) is 9.60. The van der Waals surface area contributed by atoms with E-state index in [1.54, 1.807) is 6.07 Å². The maximum absolute atomic E-state index is 9.50. The quantitative estimate of drug-likeness (QED) is 0.717. The van der Waals surface area contributed by atoms with E-state index in [1.807, 2.05) is 12.1 Å². The molecule has 2 saturated carbocycles. The third-order valence-electron chi connectivity index (χ3n) is 4.20. The molecular formula is C13H16O. The van der Waals surface area contributed by atoms with Gasteiger partial charge in [0.25, 0.3) is 0 Å². The highest BCUT2D eigenvalue weighted by Gasteiger charge is 2.45. The molecule has 1 aromatic rings. The number of phenols is 1. The largest absolute Gasteiger partial charge is 0.508 e. The maximum atomic E-state index is 9.50. The fourth-order valence-electron chi connectivity index (χ4n) is 3.43. The minimum atomic E-state index is 0.423. The number of hydrogen-bond donors (Lipinski definition) is 1. The lowest BCUT2D eigenvalue weighted by atomic mass is 9.78.